The van der Waals surface area contributed by atoms with E-state index in [2.05, 4.69) is 194 Å². The average molecular weight is 785 g/mol. The lowest BCUT2D eigenvalue weighted by molar-refractivity contribution is 0.723. The van der Waals surface area contributed by atoms with E-state index in [1.807, 2.05) is 0 Å². The second-order valence-corrected chi connectivity index (χ2v) is 23.5. The summed E-state index contributed by atoms with van der Waals surface area (Å²) in [7, 11) is -1.48. The Labute approximate surface area is 352 Å². The van der Waals surface area contributed by atoms with Gasteiger partial charge in [0.1, 0.15) is 0 Å². The largest absolute Gasteiger partial charge is 0.310 e. The van der Waals surface area contributed by atoms with Crippen molar-refractivity contribution in [2.45, 2.75) is 89.8 Å². The first-order valence-corrected chi connectivity index (χ1v) is 25.6. The van der Waals surface area contributed by atoms with Crippen molar-refractivity contribution in [1.82, 2.24) is 0 Å². The zero-order chi connectivity index (χ0) is 40.1. The molecule has 0 aromatic heterocycles. The monoisotopic (exact) mass is 784 g/mol. The third-order valence-electron chi connectivity index (χ3n) is 13.6. The van der Waals surface area contributed by atoms with Gasteiger partial charge >= 0.3 is 0 Å². The number of fused-ring (bicyclic) bond motifs is 5. The average Bonchev–Trinajstić information content (AvgIpc) is 4.02. The van der Waals surface area contributed by atoms with Crippen LogP contribution >= 0.6 is 0 Å². The number of benzene rings is 8. The van der Waals surface area contributed by atoms with Crippen molar-refractivity contribution >= 4 is 79.7 Å². The Morgan fingerprint density at radius 2 is 0.729 bits per heavy atom. The summed E-state index contributed by atoms with van der Waals surface area (Å²) in [6, 6.07) is 60.7. The summed E-state index contributed by atoms with van der Waals surface area (Å²) >= 11 is 0. The lowest BCUT2D eigenvalue weighted by atomic mass is 9.93. The van der Waals surface area contributed by atoms with Crippen molar-refractivity contribution in [1.29, 1.82) is 0 Å². The van der Waals surface area contributed by atoms with Crippen LogP contribution in [0.5, 0.6) is 0 Å². The Morgan fingerprint density at radius 3 is 1.10 bits per heavy atom. The van der Waals surface area contributed by atoms with Crippen LogP contribution in [0.1, 0.15) is 79.9 Å². The van der Waals surface area contributed by atoms with Gasteiger partial charge in [0.15, 0.2) is 0 Å². The molecule has 2 aliphatic carbocycles. The Kier molecular flexibility index (Phi) is 9.89. The molecular formula is C56H56N2Si. The van der Waals surface area contributed by atoms with Crippen LogP contribution in [0.25, 0.3) is 32.3 Å². The van der Waals surface area contributed by atoms with E-state index in [9.17, 15) is 0 Å². The van der Waals surface area contributed by atoms with Gasteiger partial charge in [-0.15, -0.1) is 0 Å². The van der Waals surface area contributed by atoms with E-state index in [4.69, 9.17) is 0 Å². The molecule has 0 saturated heterocycles. The second-order valence-electron chi connectivity index (χ2n) is 18.4. The van der Waals surface area contributed by atoms with Crippen molar-refractivity contribution < 1.29 is 0 Å². The molecule has 294 valence electrons. The van der Waals surface area contributed by atoms with Gasteiger partial charge in [-0.2, -0.15) is 0 Å². The van der Waals surface area contributed by atoms with Crippen LogP contribution in [-0.4, -0.2) is 8.07 Å². The first-order chi connectivity index (χ1) is 28.8. The molecule has 10 rings (SSSR count). The van der Waals surface area contributed by atoms with Crippen molar-refractivity contribution in [2.75, 3.05) is 9.80 Å². The van der Waals surface area contributed by atoms with Gasteiger partial charge in [-0.3, -0.25) is 0 Å². The molecule has 2 nitrogen and oxygen atoms in total. The Balaban J connectivity index is 1.19. The summed E-state index contributed by atoms with van der Waals surface area (Å²) in [6.45, 7) is 9.48. The van der Waals surface area contributed by atoms with Crippen LogP contribution in [0.2, 0.25) is 19.6 Å². The first-order valence-electron chi connectivity index (χ1n) is 22.1. The quantitative estimate of drug-likeness (QED) is 0.106. The van der Waals surface area contributed by atoms with Gasteiger partial charge in [-0.05, 0) is 138 Å². The number of rotatable bonds is 9. The van der Waals surface area contributed by atoms with Crippen molar-refractivity contribution in [3.63, 3.8) is 0 Å². The molecule has 0 spiro atoms. The predicted molar refractivity (Wildman–Crippen MR) is 258 cm³/mol. The van der Waals surface area contributed by atoms with Gasteiger partial charge in [0, 0.05) is 33.5 Å². The fourth-order valence-corrected chi connectivity index (χ4v) is 11.4. The zero-order valence-corrected chi connectivity index (χ0v) is 36.2. The van der Waals surface area contributed by atoms with Gasteiger partial charge in [-0.1, -0.05) is 153 Å². The standard InChI is InChI=1S/C56H56N2Si/c1-39-21-27-44(28-22-39)57(45-29-23-42(24-30-45)40-13-5-6-14-40)55-37-53-50-18-10-12-20-52(50)56(38-54(53)49-17-9-11-19-51(49)55)58(47-33-35-48(36-34-47)59(2,3)4)46-31-25-43(26-32-46)41-15-7-8-16-41/h9-12,17-38,40-41H,5-8,13-16H2,1-4H3. The molecule has 0 heterocycles. The molecule has 0 aliphatic heterocycles. The van der Waals surface area contributed by atoms with Crippen LogP contribution in [0.3, 0.4) is 0 Å². The third kappa shape index (κ3) is 7.14. The molecule has 2 aliphatic rings. The molecule has 2 saturated carbocycles. The highest BCUT2D eigenvalue weighted by Crippen LogP contribution is 2.48. The Hall–Kier alpha value is -5.64. The Bertz CT molecular complexity index is 2750. The smallest absolute Gasteiger partial charge is 0.0775 e. The summed E-state index contributed by atoms with van der Waals surface area (Å²) in [6.07, 6.45) is 10.6. The summed E-state index contributed by atoms with van der Waals surface area (Å²) in [5.41, 5.74) is 11.4. The van der Waals surface area contributed by atoms with E-state index in [0.717, 1.165) is 0 Å². The summed E-state index contributed by atoms with van der Waals surface area (Å²) < 4.78 is 0. The van der Waals surface area contributed by atoms with Gasteiger partial charge in [0.2, 0.25) is 0 Å². The molecular weight excluding hydrogens is 729 g/mol. The minimum atomic E-state index is -1.48. The van der Waals surface area contributed by atoms with Crippen molar-refractivity contribution in [3.8, 4) is 0 Å². The van der Waals surface area contributed by atoms with Crippen molar-refractivity contribution in [2.24, 2.45) is 0 Å². The molecule has 0 atom stereocenters. The van der Waals surface area contributed by atoms with E-state index < -0.39 is 8.07 Å². The SMILES string of the molecule is Cc1ccc(N(c2ccc(C3CCCC3)cc2)c2cc3c4ccccc4c(N(c4ccc(C5CCCC5)cc4)c4ccc([Si](C)(C)C)cc4)cc3c3ccccc23)cc1. The van der Waals surface area contributed by atoms with Gasteiger partial charge in [-0.25, -0.2) is 0 Å². The lowest BCUT2D eigenvalue weighted by Crippen LogP contribution is -2.37. The highest BCUT2D eigenvalue weighted by atomic mass is 28.3. The van der Waals surface area contributed by atoms with Gasteiger partial charge in [0.25, 0.3) is 0 Å². The maximum Gasteiger partial charge on any atom is 0.0775 e. The number of nitrogens with zero attached hydrogens (tertiary/aromatic N) is 2. The van der Waals surface area contributed by atoms with E-state index in [-0.39, 0.29) is 0 Å². The summed E-state index contributed by atoms with van der Waals surface area (Å²) in [5, 5.41) is 9.03. The molecule has 59 heavy (non-hydrogen) atoms. The molecule has 0 radical (unpaired) electrons. The number of aryl methyl sites for hydroxylation is 1. The van der Waals surface area contributed by atoms with E-state index >= 15 is 0 Å². The minimum Gasteiger partial charge on any atom is -0.310 e. The fourth-order valence-electron chi connectivity index (χ4n) is 10.3. The first kappa shape index (κ1) is 37.6. The highest BCUT2D eigenvalue weighted by molar-refractivity contribution is 6.88. The van der Waals surface area contributed by atoms with E-state index in [0.29, 0.717) is 11.8 Å². The molecule has 0 N–H and O–H groups in total. The van der Waals surface area contributed by atoms with Crippen LogP contribution < -0.4 is 15.0 Å². The molecule has 0 amide bonds. The molecule has 8 aromatic carbocycles. The van der Waals surface area contributed by atoms with Gasteiger partial charge < -0.3 is 9.80 Å². The maximum atomic E-state index is 2.52. The molecule has 3 heteroatoms. The lowest BCUT2D eigenvalue weighted by Gasteiger charge is -2.30. The Morgan fingerprint density at radius 1 is 0.390 bits per heavy atom. The fraction of sp³-hybridized carbons (Fsp3) is 0.250. The summed E-state index contributed by atoms with van der Waals surface area (Å²) in [4.78, 5) is 5.00. The number of hydrogen-bond donors (Lipinski definition) is 0. The van der Waals surface area contributed by atoms with E-state index in [1.54, 1.807) is 0 Å². The van der Waals surface area contributed by atoms with Gasteiger partial charge in [0.05, 0.1) is 19.4 Å². The molecule has 2 fully saturated rings. The van der Waals surface area contributed by atoms with Crippen molar-refractivity contribution in [3.05, 3.63) is 174 Å². The van der Waals surface area contributed by atoms with Crippen LogP contribution in [-0.2, 0) is 0 Å². The highest BCUT2D eigenvalue weighted by Gasteiger charge is 2.25. The van der Waals surface area contributed by atoms with Crippen LogP contribution in [0.4, 0.5) is 34.1 Å². The zero-order valence-electron chi connectivity index (χ0n) is 35.2. The maximum absolute atomic E-state index is 2.52. The molecule has 0 bridgehead atoms. The number of hydrogen-bond acceptors (Lipinski definition) is 2. The second kappa shape index (κ2) is 15.5. The predicted octanol–water partition coefficient (Wildman–Crippen LogP) is 16.3. The number of anilines is 6. The van der Waals surface area contributed by atoms with Crippen LogP contribution in [0.15, 0.2) is 158 Å². The summed E-state index contributed by atoms with van der Waals surface area (Å²) in [5.74, 6) is 1.36. The van der Waals surface area contributed by atoms with E-state index in [1.165, 1.54) is 140 Å². The molecule has 8 aromatic rings. The topological polar surface area (TPSA) is 6.48 Å². The van der Waals surface area contributed by atoms with Crippen LogP contribution in [0, 0.1) is 6.92 Å². The normalized spacial score (nSPS) is 15.1. The third-order valence-corrected chi connectivity index (χ3v) is 15.6. The minimum absolute atomic E-state index is 0.681. The molecule has 0 unspecified atom stereocenters.